The summed E-state index contributed by atoms with van der Waals surface area (Å²) < 4.78 is 35.0. The van der Waals surface area contributed by atoms with Gasteiger partial charge in [0.15, 0.2) is 16.7 Å². The number of carbonyl (C=O) groups excluding carboxylic acids is 2. The molecular weight excluding hydrogens is 808 g/mol. The molecule has 0 aromatic rings. The molecule has 14 heteroatoms. The second kappa shape index (κ2) is 21.9. The van der Waals surface area contributed by atoms with E-state index in [9.17, 15) is 24.9 Å². The average Bonchev–Trinajstić information content (AvgIpc) is 3.55. The molecule has 18 atom stereocenters. The van der Waals surface area contributed by atoms with E-state index in [1.807, 2.05) is 41.5 Å². The van der Waals surface area contributed by atoms with Crippen LogP contribution in [-0.2, 0) is 33.3 Å². The van der Waals surface area contributed by atoms with Gasteiger partial charge in [-0.25, -0.2) is 0 Å². The van der Waals surface area contributed by atoms with E-state index in [2.05, 4.69) is 45.3 Å². The van der Waals surface area contributed by atoms with Crippen LogP contribution in [0.15, 0.2) is 0 Å². The summed E-state index contributed by atoms with van der Waals surface area (Å²) in [4.78, 5) is 26.6. The number of thiocarbonyl (C=S) groups is 1. The number of aliphatic hydroxyl groups excluding tert-OH is 1. The number of hydrogen-bond donors (Lipinski definition) is 4. The van der Waals surface area contributed by atoms with E-state index in [1.165, 1.54) is 0 Å². The van der Waals surface area contributed by atoms with Crippen molar-refractivity contribution in [3.63, 3.8) is 0 Å². The fraction of sp³-hybridized carbons (Fsp3) is 0.936. The van der Waals surface area contributed by atoms with Crippen molar-refractivity contribution in [3.05, 3.63) is 0 Å². The van der Waals surface area contributed by atoms with Crippen LogP contribution in [0, 0.1) is 41.4 Å². The average molecular weight is 889 g/mol. The third-order valence-electron chi connectivity index (χ3n) is 16.0. The molecule has 5 rings (SSSR count). The Bertz CT molecular complexity index is 1480. The van der Waals surface area contributed by atoms with Gasteiger partial charge >= 0.3 is 29.6 Å². The maximum Gasteiger partial charge on any atom is 1.00 e. The van der Waals surface area contributed by atoms with Crippen molar-refractivity contribution in [1.82, 2.24) is 10.6 Å². The summed E-state index contributed by atoms with van der Waals surface area (Å²) in [5.41, 5.74) is -1.55. The van der Waals surface area contributed by atoms with Gasteiger partial charge in [-0.3, -0.25) is 4.79 Å². The van der Waals surface area contributed by atoms with Crippen molar-refractivity contribution < 1.29 is 78.2 Å². The first-order valence-corrected chi connectivity index (χ1v) is 24.2. The quantitative estimate of drug-likeness (QED) is 0.101. The second-order valence-corrected chi connectivity index (χ2v) is 20.4. The Hall–Kier alpha value is -0.450. The number of aliphatic hydroxyl groups is 2. The van der Waals surface area contributed by atoms with Gasteiger partial charge in [0.25, 0.3) is 0 Å². The SMILES string of the molecule is CCCCNC(=S)N[C@H]1CC[C@]2(O[C@H]([C@@H](CC)C(=O)[C@@H](C)[C@@H](O)[C@H](C)[C@@H]3O[C@@H]([C@@H](CC)C(=O)[O-])CC[C@@H]3C)[C@@H](C)C[C@H]2C)O[C@@]12CC[C@@](C)([C@H]1CC[C@](O)(CC)[C@H](C)O1)O2.[Na+]. The van der Waals surface area contributed by atoms with Gasteiger partial charge in [0.2, 0.25) is 0 Å². The zero-order valence-corrected chi connectivity index (χ0v) is 42.6. The Morgan fingerprint density at radius 1 is 0.869 bits per heavy atom. The molecule has 0 bridgehead atoms. The van der Waals surface area contributed by atoms with Crippen molar-refractivity contribution in [2.75, 3.05) is 6.54 Å². The van der Waals surface area contributed by atoms with Crippen molar-refractivity contribution in [3.8, 4) is 0 Å². The molecule has 5 fully saturated rings. The molecule has 5 heterocycles. The van der Waals surface area contributed by atoms with Crippen molar-refractivity contribution in [2.45, 2.75) is 231 Å². The molecule has 0 saturated carbocycles. The Morgan fingerprint density at radius 2 is 1.56 bits per heavy atom. The Balaban J connectivity index is 0.00000819. The van der Waals surface area contributed by atoms with E-state index in [-0.39, 0.29) is 71.3 Å². The van der Waals surface area contributed by atoms with Crippen LogP contribution in [0.25, 0.3) is 0 Å². The van der Waals surface area contributed by atoms with Gasteiger partial charge in [0, 0.05) is 54.9 Å². The fourth-order valence-electron chi connectivity index (χ4n) is 11.7. The van der Waals surface area contributed by atoms with E-state index in [0.717, 1.165) is 32.2 Å². The molecule has 5 saturated heterocycles. The van der Waals surface area contributed by atoms with Gasteiger partial charge in [-0.1, -0.05) is 68.7 Å². The largest absolute Gasteiger partial charge is 1.00 e. The van der Waals surface area contributed by atoms with Crippen molar-refractivity contribution in [1.29, 1.82) is 0 Å². The standard InChI is InChI=1S/C47H82N2O10S.Na/c1-12-16-25-48-43(60)49-36-19-22-46(59-47(36)24-23-44(11,58-47)37-20-21-45(54,15-4)32(10)55-37)29(7)26-28(6)41(57-46)34(14-3)39(51)30(8)38(50)31(9)40-27(5)17-18-35(56-40)33(13-2)42(52)53;/h27-38,40-41,50,54H,12-26H2,1-11H3,(H,52,53)(H2,48,49,60);/q;+1/p-1/t27-,28-,29+,30-,31-,32-,33+,34-,35+,36-,37+,38+,40+,41-,44-,45+,46-,47-;/m0./s1. The first kappa shape index (κ1) is 53.2. The van der Waals surface area contributed by atoms with Crippen LogP contribution in [0.1, 0.15) is 166 Å². The summed E-state index contributed by atoms with van der Waals surface area (Å²) in [6.07, 6.45) is 6.74. The van der Waals surface area contributed by atoms with Crippen LogP contribution in [0.4, 0.5) is 0 Å². The predicted octanol–water partition coefficient (Wildman–Crippen LogP) is 3.35. The minimum atomic E-state index is -1.11. The monoisotopic (exact) mass is 889 g/mol. The topological polar surface area (TPSA) is 168 Å². The summed E-state index contributed by atoms with van der Waals surface area (Å²) in [7, 11) is 0. The number of ether oxygens (including phenoxy) is 5. The first-order valence-electron chi connectivity index (χ1n) is 23.8. The van der Waals surface area contributed by atoms with Crippen molar-refractivity contribution >= 4 is 29.1 Å². The molecule has 0 aromatic carbocycles. The Morgan fingerprint density at radius 3 is 2.16 bits per heavy atom. The van der Waals surface area contributed by atoms with Crippen molar-refractivity contribution in [2.24, 2.45) is 41.4 Å². The first-order chi connectivity index (χ1) is 28.2. The van der Waals surface area contributed by atoms with Crippen LogP contribution < -0.4 is 45.3 Å². The van der Waals surface area contributed by atoms with E-state index in [1.54, 1.807) is 0 Å². The van der Waals surface area contributed by atoms with Crippen LogP contribution in [0.5, 0.6) is 0 Å². The van der Waals surface area contributed by atoms with E-state index >= 15 is 0 Å². The molecule has 61 heavy (non-hydrogen) atoms. The summed E-state index contributed by atoms with van der Waals surface area (Å²) in [6.45, 7) is 22.9. The zero-order chi connectivity index (χ0) is 44.4. The number of hydrogen-bond acceptors (Lipinski definition) is 11. The number of carboxylic acids is 1. The number of carbonyl (C=O) groups is 2. The summed E-state index contributed by atoms with van der Waals surface area (Å²) >= 11 is 5.82. The van der Waals surface area contributed by atoms with Crippen LogP contribution >= 0.6 is 12.2 Å². The number of Topliss-reactive ketones (excluding diaryl/α,β-unsaturated/α-hetero) is 1. The van der Waals surface area contributed by atoms with Gasteiger partial charge in [0.05, 0.1) is 53.9 Å². The number of nitrogens with one attached hydrogen (secondary N) is 2. The number of unbranched alkanes of at least 4 members (excludes halogenated alkanes) is 1. The van der Waals surface area contributed by atoms with Gasteiger partial charge in [-0.2, -0.15) is 0 Å². The molecule has 5 aliphatic rings. The summed E-state index contributed by atoms with van der Waals surface area (Å²) in [5, 5.41) is 42.5. The normalized spacial score (nSPS) is 41.6. The summed E-state index contributed by atoms with van der Waals surface area (Å²) in [5.74, 6) is -5.44. The van der Waals surface area contributed by atoms with Gasteiger partial charge in [-0.05, 0) is 109 Å². The van der Waals surface area contributed by atoms with Crippen LogP contribution in [-0.4, -0.2) is 99.1 Å². The molecule has 346 valence electrons. The minimum absolute atomic E-state index is 0. The number of rotatable bonds is 16. The second-order valence-electron chi connectivity index (χ2n) is 20.0. The molecule has 4 N–H and O–H groups in total. The number of carboxylic acid groups (broad SMARTS) is 1. The smallest absolute Gasteiger partial charge is 0.550 e. The van der Waals surface area contributed by atoms with Crippen LogP contribution in [0.3, 0.4) is 0 Å². The van der Waals surface area contributed by atoms with Gasteiger partial charge in [-0.15, -0.1) is 0 Å². The number of ketones is 1. The van der Waals surface area contributed by atoms with E-state index in [0.29, 0.717) is 69.3 Å². The Kier molecular flexibility index (Phi) is 19.1. The van der Waals surface area contributed by atoms with Gasteiger partial charge in [0.1, 0.15) is 5.78 Å². The van der Waals surface area contributed by atoms with E-state index < -0.39 is 76.8 Å². The van der Waals surface area contributed by atoms with Crippen LogP contribution in [0.2, 0.25) is 0 Å². The molecule has 12 nitrogen and oxygen atoms in total. The maximum atomic E-state index is 14.7. The zero-order valence-electron chi connectivity index (χ0n) is 39.8. The minimum Gasteiger partial charge on any atom is -0.550 e. The fourth-order valence-corrected chi connectivity index (χ4v) is 11.9. The summed E-state index contributed by atoms with van der Waals surface area (Å²) in [6, 6.07) is -0.266. The molecule has 0 unspecified atom stereocenters. The molecule has 0 aliphatic carbocycles. The number of aliphatic carboxylic acids is 1. The predicted molar refractivity (Wildman–Crippen MR) is 233 cm³/mol. The van der Waals surface area contributed by atoms with Gasteiger partial charge < -0.3 is 54.4 Å². The molecular formula is C47H81N2NaO10S. The molecule has 0 aromatic heterocycles. The Labute approximate surface area is 395 Å². The molecule has 0 amide bonds. The third-order valence-corrected chi connectivity index (χ3v) is 16.3. The molecule has 0 radical (unpaired) electrons. The maximum absolute atomic E-state index is 14.7. The molecule has 2 spiro atoms. The third kappa shape index (κ3) is 11.2. The molecule has 5 aliphatic heterocycles. The van der Waals surface area contributed by atoms with E-state index in [4.69, 9.17) is 35.9 Å².